The highest BCUT2D eigenvalue weighted by Gasteiger charge is 2.19. The number of rotatable bonds is 8. The minimum atomic E-state index is -0.712. The summed E-state index contributed by atoms with van der Waals surface area (Å²) in [7, 11) is 1.51. The molecule has 0 radical (unpaired) electrons. The first-order valence-corrected chi connectivity index (χ1v) is 9.26. The van der Waals surface area contributed by atoms with Crippen LogP contribution in [0.4, 0.5) is 0 Å². The van der Waals surface area contributed by atoms with Crippen LogP contribution < -0.4 is 10.1 Å². The quantitative estimate of drug-likeness (QED) is 0.632. The van der Waals surface area contributed by atoms with Gasteiger partial charge in [-0.1, -0.05) is 54.6 Å². The Balaban J connectivity index is 1.56. The minimum Gasteiger partial charge on any atom is -0.489 e. The van der Waals surface area contributed by atoms with Crippen molar-refractivity contribution in [1.82, 2.24) is 5.32 Å². The number of hydrogen-bond donors (Lipinski definition) is 1. The molecule has 0 saturated carbocycles. The van der Waals surface area contributed by atoms with Crippen molar-refractivity contribution in [3.63, 3.8) is 0 Å². The fourth-order valence-electron chi connectivity index (χ4n) is 2.85. The average molecular weight is 386 g/mol. The number of nitrogens with one attached hydrogen (secondary N) is 1. The smallest absolute Gasteiger partial charge is 0.254 e. The summed E-state index contributed by atoms with van der Waals surface area (Å²) in [5.74, 6) is 0.500. The topological polar surface area (TPSA) is 71.3 Å². The van der Waals surface area contributed by atoms with E-state index in [0.29, 0.717) is 18.7 Å². The first kappa shape index (κ1) is 20.1. The van der Waals surface area contributed by atoms with E-state index in [1.807, 2.05) is 66.7 Å². The Morgan fingerprint density at radius 1 is 0.966 bits per heavy atom. The molecule has 5 nitrogen and oxygen atoms in total. The highest BCUT2D eigenvalue weighted by atomic mass is 16.5. The van der Waals surface area contributed by atoms with Crippen molar-refractivity contribution in [3.05, 3.63) is 101 Å². The van der Waals surface area contributed by atoms with Crippen LogP contribution >= 0.6 is 0 Å². The molecule has 0 heterocycles. The van der Waals surface area contributed by atoms with Crippen LogP contribution in [0.2, 0.25) is 0 Å². The molecule has 1 atom stereocenters. The molecule has 3 aromatic carbocycles. The van der Waals surface area contributed by atoms with E-state index in [9.17, 15) is 4.79 Å². The highest BCUT2D eigenvalue weighted by Crippen LogP contribution is 2.21. The maximum absolute atomic E-state index is 12.5. The van der Waals surface area contributed by atoms with Crippen molar-refractivity contribution in [1.29, 1.82) is 5.26 Å². The molecule has 29 heavy (non-hydrogen) atoms. The van der Waals surface area contributed by atoms with Crippen LogP contribution in [0.5, 0.6) is 5.75 Å². The SMILES string of the molecule is COC(C(=O)NCc1ccc(C#N)cc1)c1ccc(OCc2ccccc2)cc1. The summed E-state index contributed by atoms with van der Waals surface area (Å²) >= 11 is 0. The molecular weight excluding hydrogens is 364 g/mol. The number of ether oxygens (including phenoxy) is 2. The molecule has 0 fully saturated rings. The fraction of sp³-hybridized carbons (Fsp3) is 0.167. The summed E-state index contributed by atoms with van der Waals surface area (Å²) in [4.78, 5) is 12.5. The highest BCUT2D eigenvalue weighted by molar-refractivity contribution is 5.82. The van der Waals surface area contributed by atoms with Crippen molar-refractivity contribution in [2.24, 2.45) is 0 Å². The van der Waals surface area contributed by atoms with Gasteiger partial charge in [0.1, 0.15) is 12.4 Å². The van der Waals surface area contributed by atoms with E-state index >= 15 is 0 Å². The molecule has 146 valence electrons. The van der Waals surface area contributed by atoms with Crippen LogP contribution in [-0.2, 0) is 22.7 Å². The van der Waals surface area contributed by atoms with Gasteiger partial charge in [-0.3, -0.25) is 4.79 Å². The second kappa shape index (κ2) is 10.1. The number of nitrogens with zero attached hydrogens (tertiary/aromatic N) is 1. The molecule has 1 amide bonds. The predicted octanol–water partition coefficient (Wildman–Crippen LogP) is 4.14. The third kappa shape index (κ3) is 5.68. The molecule has 1 N–H and O–H groups in total. The molecule has 5 heteroatoms. The Morgan fingerprint density at radius 2 is 1.66 bits per heavy atom. The molecule has 0 aliphatic heterocycles. The van der Waals surface area contributed by atoms with Gasteiger partial charge in [-0.25, -0.2) is 0 Å². The molecule has 0 aromatic heterocycles. The Labute approximate surface area is 170 Å². The summed E-state index contributed by atoms with van der Waals surface area (Å²) in [6.07, 6.45) is -0.712. The lowest BCUT2D eigenvalue weighted by molar-refractivity contribution is -0.131. The van der Waals surface area contributed by atoms with E-state index in [1.165, 1.54) is 7.11 Å². The van der Waals surface area contributed by atoms with Gasteiger partial charge in [-0.15, -0.1) is 0 Å². The van der Waals surface area contributed by atoms with Gasteiger partial charge in [0.15, 0.2) is 6.10 Å². The standard InChI is InChI=1S/C24H22N2O3/c1-28-23(24(27)26-16-19-9-7-18(15-25)8-10-19)21-11-13-22(14-12-21)29-17-20-5-3-2-4-6-20/h2-14,23H,16-17H2,1H3,(H,26,27). The van der Waals surface area contributed by atoms with Crippen LogP contribution in [0, 0.1) is 11.3 Å². The number of nitriles is 1. The predicted molar refractivity (Wildman–Crippen MR) is 110 cm³/mol. The first-order chi connectivity index (χ1) is 14.2. The molecule has 0 bridgehead atoms. The van der Waals surface area contributed by atoms with Gasteiger partial charge < -0.3 is 14.8 Å². The molecule has 0 aliphatic rings. The normalized spacial score (nSPS) is 11.3. The summed E-state index contributed by atoms with van der Waals surface area (Å²) in [5.41, 5.74) is 3.34. The van der Waals surface area contributed by atoms with Gasteiger partial charge in [0.2, 0.25) is 0 Å². The zero-order chi connectivity index (χ0) is 20.5. The first-order valence-electron chi connectivity index (χ1n) is 9.26. The molecule has 0 aliphatic carbocycles. The van der Waals surface area contributed by atoms with Gasteiger partial charge in [-0.2, -0.15) is 5.26 Å². The second-order valence-electron chi connectivity index (χ2n) is 6.49. The zero-order valence-corrected chi connectivity index (χ0v) is 16.2. The Morgan fingerprint density at radius 3 is 2.28 bits per heavy atom. The van der Waals surface area contributed by atoms with E-state index in [0.717, 1.165) is 22.4 Å². The van der Waals surface area contributed by atoms with Gasteiger partial charge >= 0.3 is 0 Å². The molecule has 3 aromatic rings. The molecule has 3 rings (SSSR count). The third-order valence-electron chi connectivity index (χ3n) is 4.45. The number of benzene rings is 3. The van der Waals surface area contributed by atoms with E-state index in [2.05, 4.69) is 11.4 Å². The van der Waals surface area contributed by atoms with Crippen molar-refractivity contribution >= 4 is 5.91 Å². The Bertz CT molecular complexity index is 962. The summed E-state index contributed by atoms with van der Waals surface area (Å²) in [5, 5.41) is 11.7. The van der Waals surface area contributed by atoms with E-state index in [1.54, 1.807) is 12.1 Å². The largest absolute Gasteiger partial charge is 0.489 e. The molecular formula is C24H22N2O3. The molecule has 1 unspecified atom stereocenters. The van der Waals surface area contributed by atoms with Crippen LogP contribution in [0.25, 0.3) is 0 Å². The summed E-state index contributed by atoms with van der Waals surface area (Å²) < 4.78 is 11.2. The maximum atomic E-state index is 12.5. The van der Waals surface area contributed by atoms with E-state index in [4.69, 9.17) is 14.7 Å². The van der Waals surface area contributed by atoms with E-state index < -0.39 is 6.10 Å². The van der Waals surface area contributed by atoms with Crippen LogP contribution in [0.1, 0.15) is 28.4 Å². The number of hydrogen-bond acceptors (Lipinski definition) is 4. The van der Waals surface area contributed by atoms with Gasteiger partial charge in [0, 0.05) is 13.7 Å². The van der Waals surface area contributed by atoms with Crippen LogP contribution in [-0.4, -0.2) is 13.0 Å². The van der Waals surface area contributed by atoms with Crippen molar-refractivity contribution in [2.75, 3.05) is 7.11 Å². The maximum Gasteiger partial charge on any atom is 0.254 e. The number of carbonyl (C=O) groups excluding carboxylic acids is 1. The molecule has 0 saturated heterocycles. The van der Waals surface area contributed by atoms with E-state index in [-0.39, 0.29) is 5.91 Å². The third-order valence-corrected chi connectivity index (χ3v) is 4.45. The van der Waals surface area contributed by atoms with Crippen LogP contribution in [0.15, 0.2) is 78.9 Å². The van der Waals surface area contributed by atoms with Crippen LogP contribution in [0.3, 0.4) is 0 Å². The lowest BCUT2D eigenvalue weighted by Gasteiger charge is -2.16. The Kier molecular flexibility index (Phi) is 6.99. The van der Waals surface area contributed by atoms with Gasteiger partial charge in [0.05, 0.1) is 11.6 Å². The summed E-state index contributed by atoms with van der Waals surface area (Å²) in [6.45, 7) is 0.849. The van der Waals surface area contributed by atoms with Crippen molar-refractivity contribution in [2.45, 2.75) is 19.3 Å². The monoisotopic (exact) mass is 386 g/mol. The lowest BCUT2D eigenvalue weighted by atomic mass is 10.1. The number of carbonyl (C=O) groups is 1. The number of methoxy groups -OCH3 is 1. The van der Waals surface area contributed by atoms with Crippen molar-refractivity contribution in [3.8, 4) is 11.8 Å². The fourth-order valence-corrected chi connectivity index (χ4v) is 2.85. The molecule has 0 spiro atoms. The zero-order valence-electron chi connectivity index (χ0n) is 16.2. The van der Waals surface area contributed by atoms with Gasteiger partial charge in [0.25, 0.3) is 5.91 Å². The average Bonchev–Trinajstić information content (AvgIpc) is 2.78. The second-order valence-corrected chi connectivity index (χ2v) is 6.49. The Hall–Kier alpha value is -3.62. The number of amides is 1. The van der Waals surface area contributed by atoms with Gasteiger partial charge in [-0.05, 0) is 41.0 Å². The lowest BCUT2D eigenvalue weighted by Crippen LogP contribution is -2.29. The summed E-state index contributed by atoms with van der Waals surface area (Å²) in [6, 6.07) is 26.4. The minimum absolute atomic E-state index is 0.227. The van der Waals surface area contributed by atoms with Crippen molar-refractivity contribution < 1.29 is 14.3 Å².